The molecule has 0 N–H and O–H groups in total. The topological polar surface area (TPSA) is 46.6 Å². The summed E-state index contributed by atoms with van der Waals surface area (Å²) in [7, 11) is 0. The van der Waals surface area contributed by atoms with Crippen molar-refractivity contribution < 1.29 is 14.3 Å². The molecule has 0 bridgehead atoms. The normalized spacial score (nSPS) is 14.6. The molecule has 0 aromatic heterocycles. The molecule has 1 aliphatic rings. The number of amides is 2. The highest BCUT2D eigenvalue weighted by atomic mass is 16.6. The zero-order chi connectivity index (χ0) is 16.8. The predicted octanol–water partition coefficient (Wildman–Crippen LogP) is 5.45. The summed E-state index contributed by atoms with van der Waals surface area (Å²) in [4.78, 5) is 23.8. The molecule has 23 heavy (non-hydrogen) atoms. The van der Waals surface area contributed by atoms with E-state index in [1.807, 2.05) is 0 Å². The monoisotopic (exact) mass is 325 g/mol. The van der Waals surface area contributed by atoms with Crippen LogP contribution in [0.1, 0.15) is 96.8 Å². The molecule has 0 spiro atoms. The van der Waals surface area contributed by atoms with Gasteiger partial charge in [0.25, 0.3) is 5.91 Å². The van der Waals surface area contributed by atoms with Crippen molar-refractivity contribution in [3.05, 3.63) is 0 Å². The molecule has 1 saturated heterocycles. The second-order valence-corrected chi connectivity index (χ2v) is 6.70. The van der Waals surface area contributed by atoms with Gasteiger partial charge in [0.1, 0.15) is 0 Å². The SMILES string of the molecule is CCCCCCCCCCCCCCCCN1C(=O)COC1=O. The highest BCUT2D eigenvalue weighted by Gasteiger charge is 2.29. The Morgan fingerprint density at radius 3 is 1.57 bits per heavy atom. The van der Waals surface area contributed by atoms with Crippen molar-refractivity contribution in [1.29, 1.82) is 0 Å². The molecule has 1 fully saturated rings. The molecule has 4 nitrogen and oxygen atoms in total. The lowest BCUT2D eigenvalue weighted by Crippen LogP contribution is -2.29. The predicted molar refractivity (Wildman–Crippen MR) is 93.4 cm³/mol. The molecule has 134 valence electrons. The van der Waals surface area contributed by atoms with E-state index in [4.69, 9.17) is 0 Å². The maximum absolute atomic E-state index is 11.3. The van der Waals surface area contributed by atoms with Gasteiger partial charge in [0.2, 0.25) is 0 Å². The third-order valence-electron chi connectivity index (χ3n) is 4.58. The Morgan fingerprint density at radius 1 is 0.739 bits per heavy atom. The fourth-order valence-electron chi connectivity index (χ4n) is 3.06. The summed E-state index contributed by atoms with van der Waals surface area (Å²) in [5, 5.41) is 0. The first kappa shape index (κ1) is 20.0. The summed E-state index contributed by atoms with van der Waals surface area (Å²) < 4.78 is 4.68. The van der Waals surface area contributed by atoms with Gasteiger partial charge in [-0.3, -0.25) is 4.79 Å². The van der Waals surface area contributed by atoms with E-state index >= 15 is 0 Å². The molecule has 0 aliphatic carbocycles. The van der Waals surface area contributed by atoms with Crippen molar-refractivity contribution in [1.82, 2.24) is 4.90 Å². The summed E-state index contributed by atoms with van der Waals surface area (Å²) in [6, 6.07) is 0. The van der Waals surface area contributed by atoms with Gasteiger partial charge in [-0.2, -0.15) is 0 Å². The van der Waals surface area contributed by atoms with Gasteiger partial charge in [-0.1, -0.05) is 90.4 Å². The number of cyclic esters (lactones) is 1. The number of nitrogens with zero attached hydrogens (tertiary/aromatic N) is 1. The zero-order valence-electron chi connectivity index (χ0n) is 15.0. The lowest BCUT2D eigenvalue weighted by molar-refractivity contribution is -0.125. The van der Waals surface area contributed by atoms with Gasteiger partial charge < -0.3 is 4.74 Å². The summed E-state index contributed by atoms with van der Waals surface area (Å²) in [6.07, 6.45) is 17.8. The van der Waals surface area contributed by atoms with E-state index in [1.54, 1.807) is 0 Å². The minimum atomic E-state index is -0.468. The maximum Gasteiger partial charge on any atom is 0.417 e. The Hall–Kier alpha value is -1.06. The summed E-state index contributed by atoms with van der Waals surface area (Å²) in [5.41, 5.74) is 0. The number of ether oxygens (including phenoxy) is 1. The molecule has 0 saturated carbocycles. The maximum atomic E-state index is 11.3. The molecule has 1 aliphatic heterocycles. The van der Waals surface area contributed by atoms with Crippen LogP contribution in [-0.2, 0) is 9.53 Å². The fraction of sp³-hybridized carbons (Fsp3) is 0.895. The number of hydrogen-bond donors (Lipinski definition) is 0. The standard InChI is InChI=1S/C19H35NO3/c1-2-3-4-5-6-7-8-9-10-11-12-13-14-15-16-20-18(21)17-23-19(20)22/h2-17H2,1H3. The molecule has 4 heteroatoms. The van der Waals surface area contributed by atoms with Crippen molar-refractivity contribution in [3.8, 4) is 0 Å². The average Bonchev–Trinajstić information content (AvgIpc) is 2.86. The van der Waals surface area contributed by atoms with Crippen LogP contribution in [0.3, 0.4) is 0 Å². The van der Waals surface area contributed by atoms with Crippen LogP contribution in [0.5, 0.6) is 0 Å². The number of carbonyl (C=O) groups excluding carboxylic acids is 2. The van der Waals surface area contributed by atoms with E-state index in [9.17, 15) is 9.59 Å². The average molecular weight is 325 g/mol. The molecular formula is C19H35NO3. The van der Waals surface area contributed by atoms with Crippen LogP contribution < -0.4 is 0 Å². The molecule has 1 rings (SSSR count). The first-order valence-electron chi connectivity index (χ1n) is 9.73. The molecule has 0 radical (unpaired) electrons. The fourth-order valence-corrected chi connectivity index (χ4v) is 3.06. The number of unbranched alkanes of at least 4 members (excludes halogenated alkanes) is 13. The van der Waals surface area contributed by atoms with Crippen LogP contribution in [0.15, 0.2) is 0 Å². The molecule has 1 heterocycles. The third-order valence-corrected chi connectivity index (χ3v) is 4.58. The second-order valence-electron chi connectivity index (χ2n) is 6.70. The Labute approximate surface area is 141 Å². The first-order valence-corrected chi connectivity index (χ1v) is 9.73. The molecule has 0 aromatic carbocycles. The van der Waals surface area contributed by atoms with Crippen molar-refractivity contribution in [2.75, 3.05) is 13.2 Å². The molecular weight excluding hydrogens is 290 g/mol. The van der Waals surface area contributed by atoms with E-state index in [0.29, 0.717) is 6.54 Å². The van der Waals surface area contributed by atoms with Crippen molar-refractivity contribution in [2.24, 2.45) is 0 Å². The van der Waals surface area contributed by atoms with Crippen molar-refractivity contribution in [3.63, 3.8) is 0 Å². The first-order chi connectivity index (χ1) is 11.3. The summed E-state index contributed by atoms with van der Waals surface area (Å²) in [5.74, 6) is -0.190. The summed E-state index contributed by atoms with van der Waals surface area (Å²) in [6.45, 7) is 2.72. The van der Waals surface area contributed by atoms with Crippen LogP contribution in [0.2, 0.25) is 0 Å². The number of carbonyl (C=O) groups is 2. The van der Waals surface area contributed by atoms with E-state index in [-0.39, 0.29) is 12.5 Å². The van der Waals surface area contributed by atoms with Gasteiger partial charge in [-0.15, -0.1) is 0 Å². The lowest BCUT2D eigenvalue weighted by Gasteiger charge is -2.10. The second kappa shape index (κ2) is 13.4. The van der Waals surface area contributed by atoms with Gasteiger partial charge in [-0.05, 0) is 6.42 Å². The minimum Gasteiger partial charge on any atom is -0.439 e. The van der Waals surface area contributed by atoms with E-state index in [1.165, 1.54) is 81.9 Å². The van der Waals surface area contributed by atoms with Gasteiger partial charge in [0.15, 0.2) is 6.61 Å². The minimum absolute atomic E-state index is 0.0720. The van der Waals surface area contributed by atoms with Crippen molar-refractivity contribution in [2.45, 2.75) is 96.8 Å². The van der Waals surface area contributed by atoms with Gasteiger partial charge in [-0.25, -0.2) is 9.69 Å². The Kier molecular flexibility index (Phi) is 11.6. The lowest BCUT2D eigenvalue weighted by atomic mass is 10.0. The van der Waals surface area contributed by atoms with Crippen LogP contribution in [0.25, 0.3) is 0 Å². The molecule has 2 amide bonds. The van der Waals surface area contributed by atoms with Crippen molar-refractivity contribution >= 4 is 12.0 Å². The van der Waals surface area contributed by atoms with Crippen LogP contribution in [0, 0.1) is 0 Å². The molecule has 0 unspecified atom stereocenters. The molecule has 0 atom stereocenters. The van der Waals surface area contributed by atoms with Crippen LogP contribution in [-0.4, -0.2) is 30.1 Å². The van der Waals surface area contributed by atoms with Crippen LogP contribution in [0.4, 0.5) is 4.79 Å². The molecule has 0 aromatic rings. The third kappa shape index (κ3) is 9.62. The van der Waals surface area contributed by atoms with Gasteiger partial charge in [0.05, 0.1) is 0 Å². The largest absolute Gasteiger partial charge is 0.439 e. The number of imide groups is 1. The Morgan fingerprint density at radius 2 is 1.17 bits per heavy atom. The van der Waals surface area contributed by atoms with Gasteiger partial charge >= 0.3 is 6.09 Å². The quantitative estimate of drug-likeness (QED) is 0.376. The van der Waals surface area contributed by atoms with Crippen LogP contribution >= 0.6 is 0 Å². The highest BCUT2D eigenvalue weighted by Crippen LogP contribution is 2.13. The Balaban J connectivity index is 1.76. The highest BCUT2D eigenvalue weighted by molar-refractivity contribution is 5.97. The van der Waals surface area contributed by atoms with E-state index in [2.05, 4.69) is 11.7 Å². The smallest absolute Gasteiger partial charge is 0.417 e. The zero-order valence-corrected chi connectivity index (χ0v) is 15.0. The summed E-state index contributed by atoms with van der Waals surface area (Å²) >= 11 is 0. The Bertz CT molecular complexity index is 315. The van der Waals surface area contributed by atoms with E-state index in [0.717, 1.165) is 12.8 Å². The van der Waals surface area contributed by atoms with Gasteiger partial charge in [0, 0.05) is 6.54 Å². The number of hydrogen-bond acceptors (Lipinski definition) is 3. The number of rotatable bonds is 15. The van der Waals surface area contributed by atoms with E-state index < -0.39 is 6.09 Å².